The van der Waals surface area contributed by atoms with E-state index in [2.05, 4.69) is 11.8 Å². The summed E-state index contributed by atoms with van der Waals surface area (Å²) in [7, 11) is -3.05. The summed E-state index contributed by atoms with van der Waals surface area (Å²) in [4.78, 5) is 2.33. The molecule has 1 aliphatic carbocycles. The number of nitrogens with two attached hydrogens (primary N) is 1. The lowest BCUT2D eigenvalue weighted by Gasteiger charge is -2.38. The summed E-state index contributed by atoms with van der Waals surface area (Å²) in [5, 5.41) is -0.115. The topological polar surface area (TPSA) is 66.6 Å². The first-order valence-corrected chi connectivity index (χ1v) is 9.03. The van der Waals surface area contributed by atoms with Crippen LogP contribution in [0.5, 0.6) is 0 Å². The fourth-order valence-corrected chi connectivity index (χ4v) is 5.32. The van der Waals surface area contributed by atoms with Crippen LogP contribution >= 0.6 is 0 Å². The number of hydrogen-bond donors (Lipinski definition) is 1. The SMILES string of the molecule is CCC(CN)N1CCN(S(=O)(=O)C2CCCC2)CC1. The van der Waals surface area contributed by atoms with Crippen molar-refractivity contribution in [1.82, 2.24) is 9.21 Å². The van der Waals surface area contributed by atoms with Crippen molar-refractivity contribution in [3.63, 3.8) is 0 Å². The fourth-order valence-electron chi connectivity index (χ4n) is 3.29. The summed E-state index contributed by atoms with van der Waals surface area (Å²) in [5.74, 6) is 0. The molecular formula is C13H27N3O2S. The van der Waals surface area contributed by atoms with E-state index >= 15 is 0 Å². The van der Waals surface area contributed by atoms with Gasteiger partial charge in [0.15, 0.2) is 0 Å². The van der Waals surface area contributed by atoms with Crippen molar-refractivity contribution in [2.75, 3.05) is 32.7 Å². The van der Waals surface area contributed by atoms with Gasteiger partial charge in [-0.15, -0.1) is 0 Å². The molecule has 5 nitrogen and oxygen atoms in total. The Balaban J connectivity index is 1.92. The van der Waals surface area contributed by atoms with E-state index in [1.807, 2.05) is 0 Å². The molecule has 2 rings (SSSR count). The molecule has 2 N–H and O–H groups in total. The molecule has 19 heavy (non-hydrogen) atoms. The quantitative estimate of drug-likeness (QED) is 0.805. The molecule has 112 valence electrons. The second kappa shape index (κ2) is 6.52. The van der Waals surface area contributed by atoms with E-state index in [-0.39, 0.29) is 5.25 Å². The molecule has 6 heteroatoms. The summed E-state index contributed by atoms with van der Waals surface area (Å²) in [5.41, 5.74) is 5.76. The summed E-state index contributed by atoms with van der Waals surface area (Å²) < 4.78 is 26.7. The second-order valence-electron chi connectivity index (χ2n) is 5.68. The maximum absolute atomic E-state index is 12.5. The molecule has 0 spiro atoms. The van der Waals surface area contributed by atoms with Gasteiger partial charge in [-0.25, -0.2) is 8.42 Å². The van der Waals surface area contributed by atoms with Crippen molar-refractivity contribution in [2.24, 2.45) is 5.73 Å². The lowest BCUT2D eigenvalue weighted by atomic mass is 10.1. The van der Waals surface area contributed by atoms with Crippen LogP contribution in [0.3, 0.4) is 0 Å². The molecule has 1 heterocycles. The average Bonchev–Trinajstić information content (AvgIpc) is 2.95. The van der Waals surface area contributed by atoms with Crippen LogP contribution in [0, 0.1) is 0 Å². The summed E-state index contributed by atoms with van der Waals surface area (Å²) in [6.45, 7) is 5.71. The minimum atomic E-state index is -3.05. The van der Waals surface area contributed by atoms with Gasteiger partial charge in [-0.05, 0) is 19.3 Å². The molecule has 1 atom stereocenters. The zero-order valence-electron chi connectivity index (χ0n) is 11.9. The molecule has 0 amide bonds. The van der Waals surface area contributed by atoms with Crippen LogP contribution in [-0.2, 0) is 10.0 Å². The lowest BCUT2D eigenvalue weighted by molar-refractivity contribution is 0.136. The summed E-state index contributed by atoms with van der Waals surface area (Å²) in [6.07, 6.45) is 4.86. The van der Waals surface area contributed by atoms with Crippen molar-refractivity contribution >= 4 is 10.0 Å². The Bertz CT molecular complexity index is 367. The highest BCUT2D eigenvalue weighted by molar-refractivity contribution is 7.89. The van der Waals surface area contributed by atoms with Gasteiger partial charge >= 0.3 is 0 Å². The monoisotopic (exact) mass is 289 g/mol. The lowest BCUT2D eigenvalue weighted by Crippen LogP contribution is -2.54. The Hall–Kier alpha value is -0.170. The Morgan fingerprint density at radius 3 is 2.21 bits per heavy atom. The van der Waals surface area contributed by atoms with Gasteiger partial charge in [0.25, 0.3) is 0 Å². The van der Waals surface area contributed by atoms with Crippen LogP contribution < -0.4 is 5.73 Å². The molecule has 2 fully saturated rings. The predicted molar refractivity (Wildman–Crippen MR) is 77.5 cm³/mol. The highest BCUT2D eigenvalue weighted by Gasteiger charge is 2.36. The third-order valence-corrected chi connectivity index (χ3v) is 7.02. The van der Waals surface area contributed by atoms with Gasteiger partial charge in [0.05, 0.1) is 5.25 Å². The third-order valence-electron chi connectivity index (χ3n) is 4.62. The number of hydrogen-bond acceptors (Lipinski definition) is 4. The van der Waals surface area contributed by atoms with E-state index in [9.17, 15) is 8.42 Å². The van der Waals surface area contributed by atoms with E-state index in [1.54, 1.807) is 4.31 Å². The van der Waals surface area contributed by atoms with E-state index < -0.39 is 10.0 Å². The van der Waals surface area contributed by atoms with Gasteiger partial charge in [-0.1, -0.05) is 19.8 Å². The molecule has 1 unspecified atom stereocenters. The van der Waals surface area contributed by atoms with Crippen LogP contribution in [0.1, 0.15) is 39.0 Å². The highest BCUT2D eigenvalue weighted by Crippen LogP contribution is 2.27. The third kappa shape index (κ3) is 3.29. The summed E-state index contributed by atoms with van der Waals surface area (Å²) >= 11 is 0. The largest absolute Gasteiger partial charge is 0.329 e. The Kier molecular flexibility index (Phi) is 5.22. The maximum atomic E-state index is 12.5. The van der Waals surface area contributed by atoms with Gasteiger partial charge in [0.2, 0.25) is 10.0 Å². The molecule has 0 aromatic heterocycles. The molecule has 0 aromatic carbocycles. The smallest absolute Gasteiger partial charge is 0.217 e. The molecule has 0 radical (unpaired) electrons. The zero-order chi connectivity index (χ0) is 13.9. The van der Waals surface area contributed by atoms with Crippen LogP contribution in [0.2, 0.25) is 0 Å². The molecule has 2 aliphatic rings. The first kappa shape index (κ1) is 15.2. The van der Waals surface area contributed by atoms with Gasteiger partial charge in [0, 0.05) is 38.8 Å². The molecule has 1 saturated carbocycles. The van der Waals surface area contributed by atoms with Crippen molar-refractivity contribution in [2.45, 2.75) is 50.3 Å². The van der Waals surface area contributed by atoms with Crippen molar-refractivity contribution in [3.8, 4) is 0 Å². The number of piperazine rings is 1. The number of rotatable bonds is 5. The first-order chi connectivity index (χ1) is 9.09. The Labute approximate surface area is 117 Å². The van der Waals surface area contributed by atoms with Crippen LogP contribution in [0.4, 0.5) is 0 Å². The standard InChI is InChI=1S/C13H27N3O2S/c1-2-12(11-14)15-7-9-16(10-8-15)19(17,18)13-5-3-4-6-13/h12-13H,2-11,14H2,1H3. The maximum Gasteiger partial charge on any atom is 0.217 e. The van der Waals surface area contributed by atoms with Crippen LogP contribution in [0.25, 0.3) is 0 Å². The summed E-state index contributed by atoms with van der Waals surface area (Å²) in [6, 6.07) is 0.399. The highest BCUT2D eigenvalue weighted by atomic mass is 32.2. The van der Waals surface area contributed by atoms with Crippen molar-refractivity contribution < 1.29 is 8.42 Å². The van der Waals surface area contributed by atoms with E-state index in [0.717, 1.165) is 45.2 Å². The molecule has 1 saturated heterocycles. The van der Waals surface area contributed by atoms with Crippen LogP contribution in [0.15, 0.2) is 0 Å². The van der Waals surface area contributed by atoms with Gasteiger partial charge < -0.3 is 5.73 Å². The second-order valence-corrected chi connectivity index (χ2v) is 7.90. The number of nitrogens with zero attached hydrogens (tertiary/aromatic N) is 2. The minimum absolute atomic E-state index is 0.115. The minimum Gasteiger partial charge on any atom is -0.329 e. The van der Waals surface area contributed by atoms with E-state index in [1.165, 1.54) is 0 Å². The van der Waals surface area contributed by atoms with Crippen LogP contribution in [-0.4, -0.2) is 61.6 Å². The van der Waals surface area contributed by atoms with Crippen molar-refractivity contribution in [1.29, 1.82) is 0 Å². The fraction of sp³-hybridized carbons (Fsp3) is 1.00. The van der Waals surface area contributed by atoms with E-state index in [4.69, 9.17) is 5.73 Å². The predicted octanol–water partition coefficient (Wildman–Crippen LogP) is 0.614. The zero-order valence-corrected chi connectivity index (χ0v) is 12.7. The molecule has 0 aromatic rings. The molecule has 0 bridgehead atoms. The molecule has 1 aliphatic heterocycles. The van der Waals surface area contributed by atoms with Gasteiger partial charge in [-0.2, -0.15) is 4.31 Å². The van der Waals surface area contributed by atoms with Gasteiger partial charge in [0.1, 0.15) is 0 Å². The molecular weight excluding hydrogens is 262 g/mol. The van der Waals surface area contributed by atoms with Gasteiger partial charge in [-0.3, -0.25) is 4.90 Å². The first-order valence-electron chi connectivity index (χ1n) is 7.52. The normalized spacial score (nSPS) is 25.8. The van der Waals surface area contributed by atoms with E-state index in [0.29, 0.717) is 25.7 Å². The Morgan fingerprint density at radius 1 is 1.16 bits per heavy atom. The average molecular weight is 289 g/mol. The Morgan fingerprint density at radius 2 is 1.74 bits per heavy atom. The van der Waals surface area contributed by atoms with Crippen molar-refractivity contribution in [3.05, 3.63) is 0 Å². The number of sulfonamides is 1.